The molecule has 0 saturated carbocycles. The molecule has 0 aliphatic heterocycles. The van der Waals surface area contributed by atoms with Crippen LogP contribution in [0.2, 0.25) is 0 Å². The molecular weight excluding hydrogens is 246 g/mol. The lowest BCUT2D eigenvalue weighted by Gasteiger charge is -2.18. The summed E-state index contributed by atoms with van der Waals surface area (Å²) in [5.74, 6) is 0. The largest absolute Gasteiger partial charge is 0.397 e. The van der Waals surface area contributed by atoms with Crippen molar-refractivity contribution in [1.29, 1.82) is 0 Å². The quantitative estimate of drug-likeness (QED) is 0.727. The van der Waals surface area contributed by atoms with Gasteiger partial charge in [-0.05, 0) is 31.9 Å². The summed E-state index contributed by atoms with van der Waals surface area (Å²) in [6, 6.07) is 4.21. The van der Waals surface area contributed by atoms with E-state index in [4.69, 9.17) is 10.8 Å². The summed E-state index contributed by atoms with van der Waals surface area (Å²) in [7, 11) is 0. The summed E-state index contributed by atoms with van der Waals surface area (Å²) in [5, 5.41) is 13.4. The highest BCUT2D eigenvalue weighted by Gasteiger charge is 2.10. The number of aromatic nitrogens is 1. The maximum Gasteiger partial charge on any atom is 0.0907 e. The van der Waals surface area contributed by atoms with Gasteiger partial charge >= 0.3 is 0 Å². The van der Waals surface area contributed by atoms with Crippen LogP contribution in [0.4, 0.5) is 11.4 Å². The van der Waals surface area contributed by atoms with Gasteiger partial charge in [-0.15, -0.1) is 11.3 Å². The van der Waals surface area contributed by atoms with Crippen molar-refractivity contribution < 1.29 is 5.11 Å². The van der Waals surface area contributed by atoms with Crippen LogP contribution in [0.1, 0.15) is 24.8 Å². The zero-order valence-electron chi connectivity index (χ0n) is 10.7. The number of rotatable bonds is 5. The summed E-state index contributed by atoms with van der Waals surface area (Å²) in [5.41, 5.74) is 8.68. The van der Waals surface area contributed by atoms with Crippen LogP contribution in [0, 0.1) is 6.92 Å². The second-order valence-electron chi connectivity index (χ2n) is 4.40. The molecule has 0 bridgehead atoms. The molecule has 5 heteroatoms. The molecule has 4 N–H and O–H groups in total. The SMILES string of the molecule is CCC(CCO)Nc1cc2nc(C)sc2cc1N. The minimum Gasteiger partial charge on any atom is -0.397 e. The van der Waals surface area contributed by atoms with Gasteiger partial charge in [0.2, 0.25) is 0 Å². The van der Waals surface area contributed by atoms with Gasteiger partial charge in [-0.25, -0.2) is 4.98 Å². The van der Waals surface area contributed by atoms with Gasteiger partial charge in [0.25, 0.3) is 0 Å². The third-order valence-electron chi connectivity index (χ3n) is 3.00. The molecule has 2 aromatic rings. The monoisotopic (exact) mass is 265 g/mol. The number of nitrogens with one attached hydrogen (secondary N) is 1. The van der Waals surface area contributed by atoms with Crippen molar-refractivity contribution in [3.63, 3.8) is 0 Å². The van der Waals surface area contributed by atoms with Crippen molar-refractivity contribution in [3.05, 3.63) is 17.1 Å². The standard InChI is InChI=1S/C13H19N3OS/c1-3-9(4-5-17)16-11-7-12-13(6-10(11)14)18-8(2)15-12/h6-7,9,16-17H,3-5,14H2,1-2H3. The zero-order valence-corrected chi connectivity index (χ0v) is 11.5. The molecule has 0 radical (unpaired) electrons. The van der Waals surface area contributed by atoms with Crippen LogP contribution in [0.15, 0.2) is 12.1 Å². The van der Waals surface area contributed by atoms with Crippen molar-refractivity contribution in [2.75, 3.05) is 17.7 Å². The molecule has 0 aliphatic rings. The van der Waals surface area contributed by atoms with Crippen LogP contribution >= 0.6 is 11.3 Å². The van der Waals surface area contributed by atoms with Crippen molar-refractivity contribution in [3.8, 4) is 0 Å². The molecule has 4 nitrogen and oxygen atoms in total. The summed E-state index contributed by atoms with van der Waals surface area (Å²) in [4.78, 5) is 4.47. The lowest BCUT2D eigenvalue weighted by Crippen LogP contribution is -2.20. The minimum absolute atomic E-state index is 0.184. The van der Waals surface area contributed by atoms with Gasteiger partial charge in [-0.1, -0.05) is 6.92 Å². The van der Waals surface area contributed by atoms with Gasteiger partial charge in [0, 0.05) is 12.6 Å². The van der Waals surface area contributed by atoms with Crippen molar-refractivity contribution in [2.24, 2.45) is 0 Å². The topological polar surface area (TPSA) is 71.2 Å². The highest BCUT2D eigenvalue weighted by Crippen LogP contribution is 2.30. The number of hydrogen-bond donors (Lipinski definition) is 3. The Morgan fingerprint density at radius 3 is 2.94 bits per heavy atom. The Labute approximate surface area is 111 Å². The van der Waals surface area contributed by atoms with E-state index in [0.717, 1.165) is 39.4 Å². The minimum atomic E-state index is 0.184. The molecule has 98 valence electrons. The number of benzene rings is 1. The van der Waals surface area contributed by atoms with Crippen LogP contribution in [0.3, 0.4) is 0 Å². The number of aryl methyl sites for hydroxylation is 1. The van der Waals surface area contributed by atoms with E-state index in [2.05, 4.69) is 17.2 Å². The second-order valence-corrected chi connectivity index (χ2v) is 5.64. The van der Waals surface area contributed by atoms with E-state index in [1.54, 1.807) is 11.3 Å². The number of nitrogens with two attached hydrogens (primary N) is 1. The molecule has 1 aromatic heterocycles. The lowest BCUT2D eigenvalue weighted by atomic mass is 10.1. The summed E-state index contributed by atoms with van der Waals surface area (Å²) in [6.07, 6.45) is 1.68. The van der Waals surface area contributed by atoms with Gasteiger partial charge in [-0.3, -0.25) is 0 Å². The molecule has 0 amide bonds. The van der Waals surface area contributed by atoms with Crippen LogP contribution in [-0.4, -0.2) is 22.7 Å². The Hall–Kier alpha value is -1.33. The summed E-state index contributed by atoms with van der Waals surface area (Å²) >= 11 is 1.65. The molecule has 18 heavy (non-hydrogen) atoms. The number of hydrogen-bond acceptors (Lipinski definition) is 5. The first-order chi connectivity index (χ1) is 8.63. The molecule has 0 aliphatic carbocycles. The van der Waals surface area contributed by atoms with Gasteiger partial charge in [-0.2, -0.15) is 0 Å². The molecule has 2 rings (SSSR count). The first-order valence-electron chi connectivity index (χ1n) is 6.18. The van der Waals surface area contributed by atoms with E-state index in [0.29, 0.717) is 0 Å². The Bertz CT molecular complexity index is 538. The molecular formula is C13H19N3OS. The molecule has 1 unspecified atom stereocenters. The molecule has 1 heterocycles. The van der Waals surface area contributed by atoms with Gasteiger partial charge in [0.05, 0.1) is 26.6 Å². The first kappa shape index (κ1) is 13.1. The number of fused-ring (bicyclic) bond motifs is 1. The van der Waals surface area contributed by atoms with E-state index in [1.807, 2.05) is 19.1 Å². The third kappa shape index (κ3) is 2.73. The first-order valence-corrected chi connectivity index (χ1v) is 6.99. The molecule has 0 spiro atoms. The number of aliphatic hydroxyl groups is 1. The van der Waals surface area contributed by atoms with E-state index in [-0.39, 0.29) is 12.6 Å². The molecule has 1 atom stereocenters. The second kappa shape index (κ2) is 5.54. The normalized spacial score (nSPS) is 12.8. The summed E-state index contributed by atoms with van der Waals surface area (Å²) in [6.45, 7) is 4.27. The van der Waals surface area contributed by atoms with Crippen molar-refractivity contribution in [1.82, 2.24) is 4.98 Å². The average molecular weight is 265 g/mol. The number of nitrogens with zero attached hydrogens (tertiary/aromatic N) is 1. The Morgan fingerprint density at radius 1 is 1.50 bits per heavy atom. The smallest absolute Gasteiger partial charge is 0.0907 e. The Balaban J connectivity index is 2.29. The fourth-order valence-electron chi connectivity index (χ4n) is 1.98. The Kier molecular flexibility index (Phi) is 4.04. The third-order valence-corrected chi connectivity index (χ3v) is 3.93. The number of thiazole rings is 1. The van der Waals surface area contributed by atoms with E-state index in [9.17, 15) is 0 Å². The summed E-state index contributed by atoms with van der Waals surface area (Å²) < 4.78 is 1.12. The maximum absolute atomic E-state index is 9.01. The molecule has 0 saturated heterocycles. The zero-order chi connectivity index (χ0) is 13.1. The molecule has 1 aromatic carbocycles. The number of anilines is 2. The van der Waals surface area contributed by atoms with Crippen LogP contribution in [0.5, 0.6) is 0 Å². The van der Waals surface area contributed by atoms with Crippen molar-refractivity contribution in [2.45, 2.75) is 32.7 Å². The van der Waals surface area contributed by atoms with E-state index in [1.165, 1.54) is 0 Å². The van der Waals surface area contributed by atoms with Gasteiger partial charge in [0.1, 0.15) is 0 Å². The fraction of sp³-hybridized carbons (Fsp3) is 0.462. The van der Waals surface area contributed by atoms with Gasteiger partial charge in [0.15, 0.2) is 0 Å². The maximum atomic E-state index is 9.01. The van der Waals surface area contributed by atoms with E-state index >= 15 is 0 Å². The number of nitrogen functional groups attached to an aromatic ring is 1. The van der Waals surface area contributed by atoms with E-state index < -0.39 is 0 Å². The van der Waals surface area contributed by atoms with Crippen LogP contribution < -0.4 is 11.1 Å². The fourth-order valence-corrected chi connectivity index (χ4v) is 2.84. The average Bonchev–Trinajstić information content (AvgIpc) is 2.68. The predicted molar refractivity (Wildman–Crippen MR) is 78.2 cm³/mol. The Morgan fingerprint density at radius 2 is 2.28 bits per heavy atom. The van der Waals surface area contributed by atoms with Crippen molar-refractivity contribution >= 4 is 32.9 Å². The highest BCUT2D eigenvalue weighted by atomic mass is 32.1. The van der Waals surface area contributed by atoms with Gasteiger partial charge < -0.3 is 16.2 Å². The molecule has 0 fully saturated rings. The predicted octanol–water partition coefficient (Wildman–Crippen LogP) is 2.76. The van der Waals surface area contributed by atoms with Crippen LogP contribution in [0.25, 0.3) is 10.2 Å². The highest BCUT2D eigenvalue weighted by molar-refractivity contribution is 7.18. The van der Waals surface area contributed by atoms with Crippen LogP contribution in [-0.2, 0) is 0 Å². The lowest BCUT2D eigenvalue weighted by molar-refractivity contribution is 0.278. The number of aliphatic hydroxyl groups excluding tert-OH is 1.